The number of para-hydroxylation sites is 1. The Morgan fingerprint density at radius 1 is 1.00 bits per heavy atom. The molecule has 0 saturated carbocycles. The highest BCUT2D eigenvalue weighted by molar-refractivity contribution is 7.92. The molecule has 3 aromatic carbocycles. The molecule has 212 valence electrons. The van der Waals surface area contributed by atoms with Crippen LogP contribution < -0.4 is 14.4 Å². The molecular formula is C30H36ClN5O3S. The fraction of sp³-hybridized carbons (Fsp3) is 0.367. The lowest BCUT2D eigenvalue weighted by molar-refractivity contribution is 0.200. The number of rotatable bonds is 12. The molecule has 2 N–H and O–H groups in total. The van der Waals surface area contributed by atoms with Gasteiger partial charge in [-0.1, -0.05) is 37.3 Å². The van der Waals surface area contributed by atoms with Gasteiger partial charge < -0.3 is 14.6 Å². The molecule has 8 nitrogen and oxygen atoms in total. The smallest absolute Gasteiger partial charge is 0.232 e. The van der Waals surface area contributed by atoms with Gasteiger partial charge in [-0.3, -0.25) is 9.62 Å². The first-order valence-corrected chi connectivity index (χ1v) is 16.0. The Bertz CT molecular complexity index is 1500. The molecule has 0 unspecified atom stereocenters. The van der Waals surface area contributed by atoms with Crippen LogP contribution in [0.25, 0.3) is 22.4 Å². The number of fused-ring (bicyclic) bond motifs is 1. The van der Waals surface area contributed by atoms with Gasteiger partial charge in [0.1, 0.15) is 23.7 Å². The summed E-state index contributed by atoms with van der Waals surface area (Å²) < 4.78 is 32.6. The zero-order valence-corrected chi connectivity index (χ0v) is 24.3. The van der Waals surface area contributed by atoms with Gasteiger partial charge >= 0.3 is 0 Å². The maximum Gasteiger partial charge on any atom is 0.232 e. The van der Waals surface area contributed by atoms with Crippen LogP contribution in [0, 0.1) is 0 Å². The van der Waals surface area contributed by atoms with E-state index in [-0.39, 0.29) is 5.75 Å². The van der Waals surface area contributed by atoms with E-state index in [0.717, 1.165) is 61.6 Å². The molecule has 1 fully saturated rings. The van der Waals surface area contributed by atoms with Gasteiger partial charge in [0.05, 0.1) is 17.0 Å². The largest absolute Gasteiger partial charge is 0.492 e. The van der Waals surface area contributed by atoms with Crippen molar-refractivity contribution in [3.8, 4) is 17.1 Å². The average molecular weight is 582 g/mol. The highest BCUT2D eigenvalue weighted by Crippen LogP contribution is 2.29. The third-order valence-corrected chi connectivity index (χ3v) is 8.83. The van der Waals surface area contributed by atoms with Gasteiger partial charge in [-0.05, 0) is 54.8 Å². The number of hydrogen-bond donors (Lipinski definition) is 2. The summed E-state index contributed by atoms with van der Waals surface area (Å²) in [6.45, 7) is 7.28. The number of piperazine rings is 1. The zero-order valence-electron chi connectivity index (χ0n) is 22.8. The normalized spacial score (nSPS) is 14.5. The van der Waals surface area contributed by atoms with E-state index in [4.69, 9.17) is 21.3 Å². The van der Waals surface area contributed by atoms with Crippen molar-refractivity contribution in [1.29, 1.82) is 0 Å². The Morgan fingerprint density at radius 3 is 2.45 bits per heavy atom. The molecule has 0 bridgehead atoms. The number of ether oxygens (including phenoxy) is 1. The molecule has 10 heteroatoms. The summed E-state index contributed by atoms with van der Waals surface area (Å²) in [6.07, 6.45) is 1.44. The number of H-pyrrole nitrogens is 1. The first-order valence-electron chi connectivity index (χ1n) is 13.8. The summed E-state index contributed by atoms with van der Waals surface area (Å²) in [4.78, 5) is 13.3. The van der Waals surface area contributed by atoms with Crippen LogP contribution in [0.15, 0.2) is 66.7 Å². The second-order valence-corrected chi connectivity index (χ2v) is 12.2. The van der Waals surface area contributed by atoms with Crippen LogP contribution in [0.3, 0.4) is 0 Å². The van der Waals surface area contributed by atoms with E-state index in [2.05, 4.69) is 68.9 Å². The van der Waals surface area contributed by atoms with E-state index in [0.29, 0.717) is 30.3 Å². The molecule has 5 rings (SSSR count). The molecule has 1 aliphatic heterocycles. The standard InChI is InChI=1S/C30H36ClN5O3S/c1-2-23-7-9-24(10-8-23)30-32-27-5-3-6-28(29(27)33-30)36-18-16-35(17-19-36)20-21-39-26-13-11-25(12-14-26)34-40(37,38)22-4-15-31/h3,5-14,34H,2,4,15-22H2,1H3,(H,32,33). The van der Waals surface area contributed by atoms with Gasteiger partial charge in [-0.15, -0.1) is 11.6 Å². The third-order valence-electron chi connectivity index (χ3n) is 7.19. The van der Waals surface area contributed by atoms with Crippen LogP contribution in [-0.4, -0.2) is 74.2 Å². The van der Waals surface area contributed by atoms with Crippen molar-refractivity contribution in [3.05, 3.63) is 72.3 Å². The number of imidazole rings is 1. The number of nitrogens with one attached hydrogen (secondary N) is 2. The van der Waals surface area contributed by atoms with Crippen LogP contribution in [-0.2, 0) is 16.4 Å². The molecule has 4 aromatic rings. The molecule has 1 aromatic heterocycles. The van der Waals surface area contributed by atoms with Crippen LogP contribution in [0.5, 0.6) is 5.75 Å². The SMILES string of the molecule is CCc1ccc(-c2nc3c(N4CCN(CCOc5ccc(NS(=O)(=O)CCCCl)cc5)CC4)cccc3[nH]2)cc1. The first-order chi connectivity index (χ1) is 19.4. The van der Waals surface area contributed by atoms with Crippen molar-refractivity contribution in [2.24, 2.45) is 0 Å². The van der Waals surface area contributed by atoms with E-state index in [1.165, 1.54) is 11.3 Å². The van der Waals surface area contributed by atoms with Gasteiger partial charge in [0, 0.05) is 49.9 Å². The fourth-order valence-corrected chi connectivity index (χ4v) is 6.32. The highest BCUT2D eigenvalue weighted by atomic mass is 35.5. The lowest BCUT2D eigenvalue weighted by atomic mass is 10.1. The van der Waals surface area contributed by atoms with E-state index in [1.54, 1.807) is 24.3 Å². The summed E-state index contributed by atoms with van der Waals surface area (Å²) in [5.74, 6) is 1.94. The molecule has 0 spiro atoms. The molecule has 0 atom stereocenters. The van der Waals surface area contributed by atoms with Crippen molar-refractivity contribution in [2.45, 2.75) is 19.8 Å². The number of halogens is 1. The second kappa shape index (κ2) is 12.9. The molecule has 1 aliphatic rings. The molecule has 0 radical (unpaired) electrons. The predicted octanol–water partition coefficient (Wildman–Crippen LogP) is 5.36. The number of aromatic amines is 1. The second-order valence-electron chi connectivity index (χ2n) is 9.97. The molecule has 40 heavy (non-hydrogen) atoms. The van der Waals surface area contributed by atoms with Gasteiger partial charge in [0.25, 0.3) is 0 Å². The summed E-state index contributed by atoms with van der Waals surface area (Å²) in [5, 5.41) is 0. The Morgan fingerprint density at radius 2 is 1.75 bits per heavy atom. The lowest BCUT2D eigenvalue weighted by Gasteiger charge is -2.36. The maximum absolute atomic E-state index is 12.0. The lowest BCUT2D eigenvalue weighted by Crippen LogP contribution is -2.47. The monoisotopic (exact) mass is 581 g/mol. The number of aromatic nitrogens is 2. The number of anilines is 2. The van der Waals surface area contributed by atoms with Crippen molar-refractivity contribution < 1.29 is 13.2 Å². The van der Waals surface area contributed by atoms with E-state index < -0.39 is 10.0 Å². The van der Waals surface area contributed by atoms with E-state index in [9.17, 15) is 8.42 Å². The summed E-state index contributed by atoms with van der Waals surface area (Å²) in [6, 6.07) is 21.9. The number of alkyl halides is 1. The topological polar surface area (TPSA) is 90.6 Å². The van der Waals surface area contributed by atoms with Crippen molar-refractivity contribution >= 4 is 44.0 Å². The average Bonchev–Trinajstić information content (AvgIpc) is 3.42. The third kappa shape index (κ3) is 7.08. The predicted molar refractivity (Wildman–Crippen MR) is 164 cm³/mol. The summed E-state index contributed by atoms with van der Waals surface area (Å²) in [7, 11) is -3.38. The van der Waals surface area contributed by atoms with Crippen LogP contribution in [0.1, 0.15) is 18.9 Å². The minimum absolute atomic E-state index is 0.00735. The molecular weight excluding hydrogens is 546 g/mol. The van der Waals surface area contributed by atoms with Gasteiger partial charge in [0.15, 0.2) is 0 Å². The fourth-order valence-electron chi connectivity index (χ4n) is 4.91. The quantitative estimate of drug-likeness (QED) is 0.219. The molecule has 1 saturated heterocycles. The molecule has 0 aliphatic carbocycles. The van der Waals surface area contributed by atoms with Crippen LogP contribution in [0.2, 0.25) is 0 Å². The zero-order chi connectivity index (χ0) is 28.0. The summed E-state index contributed by atoms with van der Waals surface area (Å²) >= 11 is 5.60. The first kappa shape index (κ1) is 28.3. The number of sulfonamides is 1. The Labute approximate surface area is 241 Å². The minimum atomic E-state index is -3.38. The van der Waals surface area contributed by atoms with Crippen molar-refractivity contribution in [3.63, 3.8) is 0 Å². The summed E-state index contributed by atoms with van der Waals surface area (Å²) in [5.41, 5.74) is 6.17. The number of nitrogens with zero attached hydrogens (tertiary/aromatic N) is 3. The maximum atomic E-state index is 12.0. The number of aryl methyl sites for hydroxylation is 1. The van der Waals surface area contributed by atoms with Gasteiger partial charge in [-0.25, -0.2) is 13.4 Å². The van der Waals surface area contributed by atoms with E-state index >= 15 is 0 Å². The van der Waals surface area contributed by atoms with Crippen LogP contribution >= 0.6 is 11.6 Å². The van der Waals surface area contributed by atoms with Crippen LogP contribution in [0.4, 0.5) is 11.4 Å². The minimum Gasteiger partial charge on any atom is -0.492 e. The van der Waals surface area contributed by atoms with Crippen molar-refractivity contribution in [2.75, 3.05) is 60.6 Å². The number of hydrogen-bond acceptors (Lipinski definition) is 6. The van der Waals surface area contributed by atoms with Gasteiger partial charge in [-0.2, -0.15) is 0 Å². The highest BCUT2D eigenvalue weighted by Gasteiger charge is 2.20. The Balaban J connectivity index is 1.12. The molecule has 0 amide bonds. The van der Waals surface area contributed by atoms with Gasteiger partial charge in [0.2, 0.25) is 10.0 Å². The Hall–Kier alpha value is -3.27. The van der Waals surface area contributed by atoms with E-state index in [1.807, 2.05) is 0 Å². The van der Waals surface area contributed by atoms with Crippen molar-refractivity contribution in [1.82, 2.24) is 14.9 Å². The molecule has 2 heterocycles. The Kier molecular flexibility index (Phi) is 9.14. The number of benzene rings is 3.